The molecule has 3 rings (SSSR count). The molecule has 1 aromatic carbocycles. The van der Waals surface area contributed by atoms with E-state index in [1.54, 1.807) is 0 Å². The summed E-state index contributed by atoms with van der Waals surface area (Å²) in [4.78, 5) is 17.1. The largest absolute Gasteiger partial charge is 0.361 e. The Labute approximate surface area is 149 Å². The van der Waals surface area contributed by atoms with Crippen LogP contribution >= 0.6 is 0 Å². The van der Waals surface area contributed by atoms with E-state index >= 15 is 0 Å². The van der Waals surface area contributed by atoms with E-state index in [9.17, 15) is 4.79 Å². The predicted octanol–water partition coefficient (Wildman–Crippen LogP) is 3.16. The molecule has 0 saturated carbocycles. The van der Waals surface area contributed by atoms with Crippen molar-refractivity contribution in [3.8, 4) is 0 Å². The second-order valence-corrected chi connectivity index (χ2v) is 7.06. The van der Waals surface area contributed by atoms with Gasteiger partial charge < -0.3 is 9.42 Å². The molecule has 1 atom stereocenters. The van der Waals surface area contributed by atoms with E-state index < -0.39 is 0 Å². The molecule has 1 aromatic heterocycles. The number of rotatable bonds is 5. The van der Waals surface area contributed by atoms with Gasteiger partial charge >= 0.3 is 0 Å². The Hall–Kier alpha value is -2.14. The number of carbonyl (C=O) groups excluding carboxylic acids is 1. The summed E-state index contributed by atoms with van der Waals surface area (Å²) in [5, 5.41) is 3.98. The predicted molar refractivity (Wildman–Crippen MR) is 96.9 cm³/mol. The van der Waals surface area contributed by atoms with E-state index in [0.29, 0.717) is 6.54 Å². The van der Waals surface area contributed by atoms with Crippen LogP contribution < -0.4 is 0 Å². The Balaban J connectivity index is 1.59. The summed E-state index contributed by atoms with van der Waals surface area (Å²) in [7, 11) is 1.88. The first kappa shape index (κ1) is 17.7. The molecule has 2 aromatic rings. The summed E-state index contributed by atoms with van der Waals surface area (Å²) in [6, 6.07) is 10.5. The van der Waals surface area contributed by atoms with Crippen molar-refractivity contribution in [2.45, 2.75) is 39.8 Å². The van der Waals surface area contributed by atoms with Crippen LogP contribution in [0, 0.1) is 19.8 Å². The first-order valence-electron chi connectivity index (χ1n) is 8.97. The average Bonchev–Trinajstić information content (AvgIpc) is 2.94. The van der Waals surface area contributed by atoms with Crippen LogP contribution in [0.2, 0.25) is 0 Å². The topological polar surface area (TPSA) is 49.6 Å². The summed E-state index contributed by atoms with van der Waals surface area (Å²) in [5.41, 5.74) is 3.19. The molecule has 1 saturated heterocycles. The highest BCUT2D eigenvalue weighted by atomic mass is 16.5. The number of nitrogens with zero attached hydrogens (tertiary/aromatic N) is 3. The molecule has 5 heteroatoms. The molecule has 25 heavy (non-hydrogen) atoms. The SMILES string of the molecule is Cc1noc(C)c1CN(C)C(=O)[C@@H]1CCCN(Cc2ccccc2)C1. The monoisotopic (exact) mass is 341 g/mol. The third-order valence-corrected chi connectivity index (χ3v) is 5.06. The van der Waals surface area contributed by atoms with Gasteiger partial charge in [0.05, 0.1) is 18.2 Å². The standard InChI is InChI=1S/C20H27N3O2/c1-15-19(16(2)25-21-15)14-22(3)20(24)18-10-7-11-23(13-18)12-17-8-5-4-6-9-17/h4-6,8-9,18H,7,10-14H2,1-3H3/t18-/m1/s1. The van der Waals surface area contributed by atoms with Crippen molar-refractivity contribution in [1.29, 1.82) is 0 Å². The summed E-state index contributed by atoms with van der Waals surface area (Å²) in [5.74, 6) is 1.09. The first-order chi connectivity index (χ1) is 12.0. The van der Waals surface area contributed by atoms with E-state index in [1.807, 2.05) is 31.9 Å². The molecular weight excluding hydrogens is 314 g/mol. The Morgan fingerprint density at radius 2 is 2.08 bits per heavy atom. The molecule has 1 aliphatic heterocycles. The molecule has 1 amide bonds. The maximum absolute atomic E-state index is 12.9. The third kappa shape index (κ3) is 4.28. The smallest absolute Gasteiger partial charge is 0.227 e. The quantitative estimate of drug-likeness (QED) is 0.838. The highest BCUT2D eigenvalue weighted by Crippen LogP contribution is 2.22. The van der Waals surface area contributed by atoms with Gasteiger partial charge in [0.1, 0.15) is 5.76 Å². The van der Waals surface area contributed by atoms with Crippen LogP contribution in [-0.4, -0.2) is 41.0 Å². The minimum atomic E-state index is 0.0722. The summed E-state index contributed by atoms with van der Waals surface area (Å²) in [6.45, 7) is 7.20. The highest BCUT2D eigenvalue weighted by Gasteiger charge is 2.28. The van der Waals surface area contributed by atoms with Crippen LogP contribution in [0.25, 0.3) is 0 Å². The van der Waals surface area contributed by atoms with E-state index in [2.05, 4.69) is 34.3 Å². The third-order valence-electron chi connectivity index (χ3n) is 5.06. The van der Waals surface area contributed by atoms with Gasteiger partial charge in [-0.2, -0.15) is 0 Å². The number of piperidine rings is 1. The van der Waals surface area contributed by atoms with E-state index in [-0.39, 0.29) is 11.8 Å². The number of aromatic nitrogens is 1. The minimum Gasteiger partial charge on any atom is -0.361 e. The Morgan fingerprint density at radius 3 is 2.76 bits per heavy atom. The lowest BCUT2D eigenvalue weighted by Gasteiger charge is -2.34. The van der Waals surface area contributed by atoms with Crippen LogP contribution in [0.5, 0.6) is 0 Å². The molecule has 0 spiro atoms. The maximum Gasteiger partial charge on any atom is 0.227 e. The zero-order valence-electron chi connectivity index (χ0n) is 15.4. The number of amides is 1. The fourth-order valence-electron chi connectivity index (χ4n) is 3.60. The van der Waals surface area contributed by atoms with Gasteiger partial charge in [-0.15, -0.1) is 0 Å². The summed E-state index contributed by atoms with van der Waals surface area (Å²) >= 11 is 0. The van der Waals surface area contributed by atoms with Gasteiger partial charge in [0.15, 0.2) is 0 Å². The van der Waals surface area contributed by atoms with Crippen molar-refractivity contribution in [1.82, 2.24) is 15.0 Å². The number of hydrogen-bond acceptors (Lipinski definition) is 4. The fourth-order valence-corrected chi connectivity index (χ4v) is 3.60. The molecule has 134 valence electrons. The average molecular weight is 341 g/mol. The van der Waals surface area contributed by atoms with Crippen molar-refractivity contribution in [3.05, 3.63) is 52.9 Å². The molecule has 0 radical (unpaired) electrons. The molecule has 0 unspecified atom stereocenters. The number of carbonyl (C=O) groups is 1. The lowest BCUT2D eigenvalue weighted by molar-refractivity contribution is -0.136. The van der Waals surface area contributed by atoms with Crippen molar-refractivity contribution in [2.24, 2.45) is 5.92 Å². The summed E-state index contributed by atoms with van der Waals surface area (Å²) < 4.78 is 5.21. The van der Waals surface area contributed by atoms with Gasteiger partial charge in [-0.25, -0.2) is 0 Å². The molecule has 2 heterocycles. The lowest BCUT2D eigenvalue weighted by atomic mass is 9.96. The second-order valence-electron chi connectivity index (χ2n) is 7.06. The van der Waals surface area contributed by atoms with Gasteiger partial charge in [0.25, 0.3) is 0 Å². The van der Waals surface area contributed by atoms with E-state index in [0.717, 1.165) is 49.5 Å². The van der Waals surface area contributed by atoms with Crippen molar-refractivity contribution in [2.75, 3.05) is 20.1 Å². The first-order valence-corrected chi connectivity index (χ1v) is 8.97. The molecule has 1 fully saturated rings. The normalized spacial score (nSPS) is 18.3. The number of likely N-dealkylation sites (tertiary alicyclic amines) is 1. The number of hydrogen-bond donors (Lipinski definition) is 0. The second kappa shape index (κ2) is 7.83. The van der Waals surface area contributed by atoms with E-state index in [4.69, 9.17) is 4.52 Å². The Bertz CT molecular complexity index is 691. The minimum absolute atomic E-state index is 0.0722. The van der Waals surface area contributed by atoms with Crippen molar-refractivity contribution >= 4 is 5.91 Å². The van der Waals surface area contributed by atoms with Crippen LogP contribution in [0.1, 0.15) is 35.4 Å². The van der Waals surface area contributed by atoms with E-state index in [1.165, 1.54) is 5.56 Å². The van der Waals surface area contributed by atoms with Gasteiger partial charge in [-0.1, -0.05) is 35.5 Å². The Kier molecular flexibility index (Phi) is 5.53. The number of benzene rings is 1. The maximum atomic E-state index is 12.9. The van der Waals surface area contributed by atoms with Crippen LogP contribution in [-0.2, 0) is 17.9 Å². The molecule has 5 nitrogen and oxygen atoms in total. The van der Waals surface area contributed by atoms with Crippen LogP contribution in [0.4, 0.5) is 0 Å². The number of aryl methyl sites for hydroxylation is 2. The molecule has 0 aliphatic carbocycles. The van der Waals surface area contributed by atoms with Crippen molar-refractivity contribution in [3.63, 3.8) is 0 Å². The lowest BCUT2D eigenvalue weighted by Crippen LogP contribution is -2.43. The van der Waals surface area contributed by atoms with Crippen LogP contribution in [0.15, 0.2) is 34.9 Å². The summed E-state index contributed by atoms with van der Waals surface area (Å²) in [6.07, 6.45) is 2.04. The van der Waals surface area contributed by atoms with Gasteiger partial charge in [0.2, 0.25) is 5.91 Å². The highest BCUT2D eigenvalue weighted by molar-refractivity contribution is 5.79. The molecule has 0 N–H and O–H groups in total. The molecular formula is C20H27N3O2. The van der Waals surface area contributed by atoms with Gasteiger partial charge in [0, 0.05) is 25.7 Å². The zero-order chi connectivity index (χ0) is 17.8. The molecule has 0 bridgehead atoms. The van der Waals surface area contributed by atoms with Gasteiger partial charge in [-0.05, 0) is 38.8 Å². The van der Waals surface area contributed by atoms with Gasteiger partial charge in [-0.3, -0.25) is 9.69 Å². The Morgan fingerprint density at radius 1 is 1.32 bits per heavy atom. The van der Waals surface area contributed by atoms with Crippen molar-refractivity contribution < 1.29 is 9.32 Å². The molecule has 1 aliphatic rings. The zero-order valence-corrected chi connectivity index (χ0v) is 15.4. The fraction of sp³-hybridized carbons (Fsp3) is 0.500. The van der Waals surface area contributed by atoms with Crippen LogP contribution in [0.3, 0.4) is 0 Å².